The first-order valence-electron chi connectivity index (χ1n) is 9.77. The zero-order valence-corrected chi connectivity index (χ0v) is 16.6. The van der Waals surface area contributed by atoms with Crippen LogP contribution in [0, 0.1) is 5.92 Å². The minimum atomic E-state index is -0.0609. The smallest absolute Gasteiger partial charge is 0.317 e. The number of amides is 2. The molecule has 7 nitrogen and oxygen atoms in total. The molecule has 2 amide bonds. The third kappa shape index (κ3) is 4.59. The normalized spacial score (nSPS) is 18.4. The molecule has 0 bridgehead atoms. The van der Waals surface area contributed by atoms with Gasteiger partial charge in [0, 0.05) is 45.9 Å². The predicted octanol–water partition coefficient (Wildman–Crippen LogP) is 1.81. The number of aliphatic hydroxyl groups excluding tert-OH is 1. The number of aliphatic hydroxyl groups is 1. The van der Waals surface area contributed by atoms with Gasteiger partial charge >= 0.3 is 6.03 Å². The molecule has 7 heteroatoms. The molecule has 1 atom stereocenters. The van der Waals surface area contributed by atoms with Crippen molar-refractivity contribution < 1.29 is 9.90 Å². The summed E-state index contributed by atoms with van der Waals surface area (Å²) in [6.45, 7) is 8.17. The first-order valence-corrected chi connectivity index (χ1v) is 9.77. The quantitative estimate of drug-likeness (QED) is 0.810. The molecule has 2 N–H and O–H groups in total. The fourth-order valence-corrected chi connectivity index (χ4v) is 3.83. The van der Waals surface area contributed by atoms with E-state index >= 15 is 0 Å². The van der Waals surface area contributed by atoms with E-state index in [1.165, 1.54) is 0 Å². The average molecular weight is 374 g/mol. The largest absolute Gasteiger partial charge is 0.396 e. The highest BCUT2D eigenvalue weighted by atomic mass is 16.3. The molecule has 1 aromatic carbocycles. The molecule has 0 unspecified atom stereocenters. The van der Waals surface area contributed by atoms with Crippen molar-refractivity contribution in [3.05, 3.63) is 30.1 Å². The number of hydrogen-bond donors (Lipinski definition) is 2. The van der Waals surface area contributed by atoms with Crippen molar-refractivity contribution in [1.29, 1.82) is 0 Å². The Morgan fingerprint density at radius 3 is 2.81 bits per heavy atom. The summed E-state index contributed by atoms with van der Waals surface area (Å²) < 4.78 is 2.02. The molecule has 1 saturated heterocycles. The number of aromatic nitrogens is 2. The van der Waals surface area contributed by atoms with Gasteiger partial charge in [-0.05, 0) is 24.5 Å². The topological polar surface area (TPSA) is 73.6 Å². The molecule has 3 rings (SSSR count). The molecule has 1 fully saturated rings. The maximum atomic E-state index is 12.7. The van der Waals surface area contributed by atoms with Crippen LogP contribution in [0.4, 0.5) is 4.79 Å². The number of carbonyl (C=O) groups is 1. The first-order chi connectivity index (χ1) is 13.0. The van der Waals surface area contributed by atoms with E-state index in [-0.39, 0.29) is 18.7 Å². The van der Waals surface area contributed by atoms with Gasteiger partial charge in [0.05, 0.1) is 17.6 Å². The summed E-state index contributed by atoms with van der Waals surface area (Å²) >= 11 is 0. The molecule has 0 radical (unpaired) electrons. The van der Waals surface area contributed by atoms with Gasteiger partial charge in [0.2, 0.25) is 0 Å². The lowest BCUT2D eigenvalue weighted by Gasteiger charge is -2.42. The molecule has 27 heavy (non-hydrogen) atoms. The Labute approximate surface area is 161 Å². The number of carbonyl (C=O) groups excluding carboxylic acids is 1. The van der Waals surface area contributed by atoms with Crippen LogP contribution in [0.3, 0.4) is 0 Å². The number of imidazole rings is 1. The number of hydrogen-bond acceptors (Lipinski definition) is 4. The number of nitrogens with one attached hydrogen (secondary N) is 1. The lowest BCUT2D eigenvalue weighted by molar-refractivity contribution is 0.0654. The Kier molecular flexibility index (Phi) is 6.34. The van der Waals surface area contributed by atoms with Crippen molar-refractivity contribution in [2.75, 3.05) is 32.8 Å². The lowest BCUT2D eigenvalue weighted by Crippen LogP contribution is -2.57. The molecule has 148 valence electrons. The second-order valence-corrected chi connectivity index (χ2v) is 7.74. The third-order valence-corrected chi connectivity index (χ3v) is 5.23. The zero-order chi connectivity index (χ0) is 19.4. The van der Waals surface area contributed by atoms with E-state index < -0.39 is 0 Å². The van der Waals surface area contributed by atoms with E-state index in [1.807, 2.05) is 40.8 Å². The molecule has 0 aliphatic carbocycles. The Morgan fingerprint density at radius 2 is 2.11 bits per heavy atom. The van der Waals surface area contributed by atoms with Gasteiger partial charge in [-0.1, -0.05) is 26.0 Å². The van der Waals surface area contributed by atoms with Crippen LogP contribution in [-0.4, -0.2) is 69.3 Å². The molecule has 1 aliphatic rings. The highest BCUT2D eigenvalue weighted by Gasteiger charge is 2.29. The van der Waals surface area contributed by atoms with Crippen molar-refractivity contribution in [1.82, 2.24) is 24.7 Å². The van der Waals surface area contributed by atoms with Crippen molar-refractivity contribution in [2.24, 2.45) is 13.0 Å². The van der Waals surface area contributed by atoms with Crippen molar-refractivity contribution in [3.8, 4) is 0 Å². The van der Waals surface area contributed by atoms with Gasteiger partial charge in [-0.15, -0.1) is 0 Å². The number of aryl methyl sites for hydroxylation is 1. The minimum Gasteiger partial charge on any atom is -0.396 e. The van der Waals surface area contributed by atoms with Crippen LogP contribution in [0.15, 0.2) is 24.3 Å². The fraction of sp³-hybridized carbons (Fsp3) is 0.600. The van der Waals surface area contributed by atoms with E-state index in [0.717, 1.165) is 29.9 Å². The second-order valence-electron chi connectivity index (χ2n) is 7.74. The summed E-state index contributed by atoms with van der Waals surface area (Å²) in [4.78, 5) is 21.5. The van der Waals surface area contributed by atoms with Crippen LogP contribution in [0.2, 0.25) is 0 Å². The van der Waals surface area contributed by atoms with Crippen molar-refractivity contribution in [3.63, 3.8) is 0 Å². The van der Waals surface area contributed by atoms with Crippen LogP contribution in [0.5, 0.6) is 0 Å². The number of benzene rings is 1. The highest BCUT2D eigenvalue weighted by molar-refractivity contribution is 5.76. The monoisotopic (exact) mass is 373 g/mol. The van der Waals surface area contributed by atoms with Gasteiger partial charge in [-0.3, -0.25) is 4.90 Å². The number of nitrogens with zero attached hydrogens (tertiary/aromatic N) is 4. The Bertz CT molecular complexity index is 773. The summed E-state index contributed by atoms with van der Waals surface area (Å²) in [6, 6.07) is 8.12. The second kappa shape index (κ2) is 8.71. The van der Waals surface area contributed by atoms with Gasteiger partial charge in [0.15, 0.2) is 0 Å². The van der Waals surface area contributed by atoms with Crippen LogP contribution in [0.1, 0.15) is 26.1 Å². The standard InChI is InChI=1S/C20H31N5O2/c1-15(2)13-24-9-10-25(14-16(24)8-11-26)20(27)21-12-19-22-17-6-4-5-7-18(17)23(19)3/h4-7,15-16,26H,8-14H2,1-3H3,(H,21,27)/t16-/m1/s1. The predicted molar refractivity (Wildman–Crippen MR) is 106 cm³/mol. The average Bonchev–Trinajstić information content (AvgIpc) is 2.97. The number of para-hydroxylation sites is 2. The number of fused-ring (bicyclic) bond motifs is 1. The summed E-state index contributed by atoms with van der Waals surface area (Å²) in [5.74, 6) is 1.42. The van der Waals surface area contributed by atoms with Gasteiger partial charge in [-0.2, -0.15) is 0 Å². The SMILES string of the molecule is CC(C)CN1CCN(C(=O)NCc2nc3ccccc3n2C)C[C@H]1CCO. The maximum Gasteiger partial charge on any atom is 0.317 e. The van der Waals surface area contributed by atoms with Crippen molar-refractivity contribution >= 4 is 17.1 Å². The number of urea groups is 1. The number of piperazine rings is 1. The minimum absolute atomic E-state index is 0.0609. The molecule has 0 saturated carbocycles. The summed E-state index contributed by atoms with van der Waals surface area (Å²) in [5.41, 5.74) is 2.00. The van der Waals surface area contributed by atoms with Gasteiger partial charge in [0.1, 0.15) is 5.82 Å². The van der Waals surface area contributed by atoms with Gasteiger partial charge < -0.3 is 19.9 Å². The zero-order valence-electron chi connectivity index (χ0n) is 16.6. The van der Waals surface area contributed by atoms with E-state index in [9.17, 15) is 9.90 Å². The van der Waals surface area contributed by atoms with Crippen molar-refractivity contribution in [2.45, 2.75) is 32.9 Å². The highest BCUT2D eigenvalue weighted by Crippen LogP contribution is 2.16. The fourth-order valence-electron chi connectivity index (χ4n) is 3.83. The Hall–Kier alpha value is -2.12. The first kappa shape index (κ1) is 19.6. The molecule has 2 aromatic rings. The molecule has 1 aliphatic heterocycles. The number of rotatable bonds is 6. The summed E-state index contributed by atoms with van der Waals surface area (Å²) in [6.07, 6.45) is 0.696. The molecular formula is C20H31N5O2. The van der Waals surface area contributed by atoms with Gasteiger partial charge in [-0.25, -0.2) is 9.78 Å². The Balaban J connectivity index is 1.59. The summed E-state index contributed by atoms with van der Waals surface area (Å²) in [5, 5.41) is 12.4. The molecule has 0 spiro atoms. The van der Waals surface area contributed by atoms with E-state index in [0.29, 0.717) is 32.0 Å². The van der Waals surface area contributed by atoms with E-state index in [1.54, 1.807) is 0 Å². The van der Waals surface area contributed by atoms with E-state index in [2.05, 4.69) is 29.0 Å². The molecule has 2 heterocycles. The maximum absolute atomic E-state index is 12.7. The lowest BCUT2D eigenvalue weighted by atomic mass is 10.1. The van der Waals surface area contributed by atoms with Crippen LogP contribution >= 0.6 is 0 Å². The third-order valence-electron chi connectivity index (χ3n) is 5.23. The van der Waals surface area contributed by atoms with Crippen LogP contribution < -0.4 is 5.32 Å². The Morgan fingerprint density at radius 1 is 1.33 bits per heavy atom. The molecular weight excluding hydrogens is 342 g/mol. The van der Waals surface area contributed by atoms with Crippen LogP contribution in [0.25, 0.3) is 11.0 Å². The summed E-state index contributed by atoms with van der Waals surface area (Å²) in [7, 11) is 1.97. The van der Waals surface area contributed by atoms with Gasteiger partial charge in [0.25, 0.3) is 0 Å². The molecule has 1 aromatic heterocycles. The van der Waals surface area contributed by atoms with Crippen LogP contribution in [-0.2, 0) is 13.6 Å². The van der Waals surface area contributed by atoms with E-state index in [4.69, 9.17) is 0 Å².